The van der Waals surface area contributed by atoms with Crippen LogP contribution in [0.2, 0.25) is 0 Å². The minimum atomic E-state index is 0. The van der Waals surface area contributed by atoms with Crippen LogP contribution in [0, 0.1) is 5.92 Å². The third-order valence-corrected chi connectivity index (χ3v) is 4.80. The van der Waals surface area contributed by atoms with Gasteiger partial charge in [-0.1, -0.05) is 13.8 Å². The van der Waals surface area contributed by atoms with E-state index in [0.29, 0.717) is 18.6 Å². The Balaban J connectivity index is 0.00000225. The Morgan fingerprint density at radius 3 is 2.52 bits per heavy atom. The molecular weight excluding hydrogens is 338 g/mol. The molecule has 2 heterocycles. The van der Waals surface area contributed by atoms with Gasteiger partial charge in [-0.25, -0.2) is 0 Å². The van der Waals surface area contributed by atoms with E-state index in [2.05, 4.69) is 24.1 Å². The average molecular weight is 368 g/mol. The molecule has 25 heavy (non-hydrogen) atoms. The first-order valence-electron chi connectivity index (χ1n) is 9.10. The van der Waals surface area contributed by atoms with Gasteiger partial charge in [0.1, 0.15) is 5.75 Å². The highest BCUT2D eigenvalue weighted by Crippen LogP contribution is 2.20. The molecule has 6 heteroatoms. The number of nitrogens with zero attached hydrogens (tertiary/aromatic N) is 2. The second-order valence-electron chi connectivity index (χ2n) is 7.21. The lowest BCUT2D eigenvalue weighted by molar-refractivity contribution is 0.0773. The number of ether oxygens (including phenoxy) is 1. The fourth-order valence-corrected chi connectivity index (χ4v) is 3.41. The van der Waals surface area contributed by atoms with Crippen molar-refractivity contribution >= 4 is 18.3 Å². The number of piperazine rings is 1. The molecule has 1 aromatic rings. The van der Waals surface area contributed by atoms with E-state index in [4.69, 9.17) is 4.74 Å². The molecule has 0 aliphatic carbocycles. The van der Waals surface area contributed by atoms with Gasteiger partial charge in [-0.2, -0.15) is 0 Å². The van der Waals surface area contributed by atoms with Crippen LogP contribution in [0.25, 0.3) is 0 Å². The maximum atomic E-state index is 12.7. The Hall–Kier alpha value is -1.30. The maximum Gasteiger partial charge on any atom is 0.253 e. The molecule has 1 amide bonds. The standard InChI is InChI=1S/C19H29N3O2.ClH/c1-15(2)14-24-18-5-3-16(4-6-18)19(23)22-10-7-17(13-22)21-11-8-20-9-12-21;/h3-6,15,17,20H,7-14H2,1-2H3;1H. The van der Waals surface area contributed by atoms with Gasteiger partial charge in [-0.3, -0.25) is 9.69 Å². The molecule has 0 aromatic heterocycles. The van der Waals surface area contributed by atoms with Crippen molar-refractivity contribution in [1.29, 1.82) is 0 Å². The first kappa shape index (κ1) is 20.0. The summed E-state index contributed by atoms with van der Waals surface area (Å²) in [7, 11) is 0. The summed E-state index contributed by atoms with van der Waals surface area (Å²) in [5.41, 5.74) is 0.757. The number of hydrogen-bond donors (Lipinski definition) is 1. The van der Waals surface area contributed by atoms with Crippen molar-refractivity contribution in [2.75, 3.05) is 45.9 Å². The summed E-state index contributed by atoms with van der Waals surface area (Å²) in [6.45, 7) is 11.0. The molecule has 0 spiro atoms. The molecule has 2 aliphatic heterocycles. The largest absolute Gasteiger partial charge is 0.493 e. The predicted molar refractivity (Wildman–Crippen MR) is 103 cm³/mol. The van der Waals surface area contributed by atoms with Crippen LogP contribution in [0.3, 0.4) is 0 Å². The Kier molecular flexibility index (Phi) is 7.54. The third kappa shape index (κ3) is 5.33. The molecule has 1 unspecified atom stereocenters. The van der Waals surface area contributed by atoms with Crippen LogP contribution >= 0.6 is 12.4 Å². The van der Waals surface area contributed by atoms with Crippen LogP contribution in [0.1, 0.15) is 30.6 Å². The SMILES string of the molecule is CC(C)COc1ccc(C(=O)N2CCC(N3CCNCC3)C2)cc1.Cl. The highest BCUT2D eigenvalue weighted by molar-refractivity contribution is 5.94. The number of halogens is 1. The summed E-state index contributed by atoms with van der Waals surface area (Å²) in [5.74, 6) is 1.47. The van der Waals surface area contributed by atoms with Crippen LogP contribution < -0.4 is 10.1 Å². The average Bonchev–Trinajstić information content (AvgIpc) is 3.10. The van der Waals surface area contributed by atoms with Crippen molar-refractivity contribution in [2.45, 2.75) is 26.3 Å². The molecule has 0 bridgehead atoms. The first-order valence-corrected chi connectivity index (χ1v) is 9.10. The van der Waals surface area contributed by atoms with Gasteiger partial charge in [0, 0.05) is 50.9 Å². The zero-order valence-electron chi connectivity index (χ0n) is 15.2. The van der Waals surface area contributed by atoms with Crippen LogP contribution in [0.4, 0.5) is 0 Å². The van der Waals surface area contributed by atoms with Crippen molar-refractivity contribution in [2.24, 2.45) is 5.92 Å². The maximum absolute atomic E-state index is 12.7. The predicted octanol–water partition coefficient (Wildman–Crippen LogP) is 2.26. The molecule has 0 saturated carbocycles. The summed E-state index contributed by atoms with van der Waals surface area (Å²) in [5, 5.41) is 3.39. The number of carbonyl (C=O) groups is 1. The molecule has 140 valence electrons. The van der Waals surface area contributed by atoms with Gasteiger partial charge >= 0.3 is 0 Å². The molecule has 3 rings (SSSR count). The summed E-state index contributed by atoms with van der Waals surface area (Å²) < 4.78 is 5.69. The third-order valence-electron chi connectivity index (χ3n) is 4.80. The first-order chi connectivity index (χ1) is 11.6. The van der Waals surface area contributed by atoms with Crippen molar-refractivity contribution < 1.29 is 9.53 Å². The van der Waals surface area contributed by atoms with Crippen LogP contribution in [0.5, 0.6) is 5.75 Å². The lowest BCUT2D eigenvalue weighted by atomic mass is 10.2. The molecular formula is C19H30ClN3O2. The van der Waals surface area contributed by atoms with E-state index in [1.165, 1.54) is 0 Å². The highest BCUT2D eigenvalue weighted by Gasteiger charge is 2.31. The van der Waals surface area contributed by atoms with E-state index in [1.54, 1.807) is 0 Å². The molecule has 1 N–H and O–H groups in total. The highest BCUT2D eigenvalue weighted by atomic mass is 35.5. The van der Waals surface area contributed by atoms with Gasteiger partial charge in [-0.15, -0.1) is 12.4 Å². The van der Waals surface area contributed by atoms with Gasteiger partial charge < -0.3 is 15.0 Å². The van der Waals surface area contributed by atoms with Crippen molar-refractivity contribution in [1.82, 2.24) is 15.1 Å². The zero-order chi connectivity index (χ0) is 16.9. The monoisotopic (exact) mass is 367 g/mol. The molecule has 0 radical (unpaired) electrons. The van der Waals surface area contributed by atoms with Gasteiger partial charge in [-0.05, 0) is 36.6 Å². The summed E-state index contributed by atoms with van der Waals surface area (Å²) >= 11 is 0. The van der Waals surface area contributed by atoms with Crippen molar-refractivity contribution in [3.63, 3.8) is 0 Å². The fourth-order valence-electron chi connectivity index (χ4n) is 3.41. The topological polar surface area (TPSA) is 44.8 Å². The van der Waals surface area contributed by atoms with E-state index in [0.717, 1.165) is 57.0 Å². The minimum absolute atomic E-state index is 0. The number of nitrogens with one attached hydrogen (secondary N) is 1. The second kappa shape index (κ2) is 9.41. The number of rotatable bonds is 5. The number of likely N-dealkylation sites (tertiary alicyclic amines) is 1. The summed E-state index contributed by atoms with van der Waals surface area (Å²) in [6, 6.07) is 8.09. The lowest BCUT2D eigenvalue weighted by Gasteiger charge is -2.32. The Labute approximate surface area is 157 Å². The normalized spacial score (nSPS) is 21.2. The van der Waals surface area contributed by atoms with E-state index in [9.17, 15) is 4.79 Å². The number of benzene rings is 1. The van der Waals surface area contributed by atoms with Gasteiger partial charge in [0.05, 0.1) is 6.61 Å². The summed E-state index contributed by atoms with van der Waals surface area (Å²) in [6.07, 6.45) is 1.08. The van der Waals surface area contributed by atoms with E-state index < -0.39 is 0 Å². The quantitative estimate of drug-likeness (QED) is 0.867. The number of hydrogen-bond acceptors (Lipinski definition) is 4. The lowest BCUT2D eigenvalue weighted by Crippen LogP contribution is -2.49. The number of carbonyl (C=O) groups excluding carboxylic acids is 1. The molecule has 1 atom stereocenters. The molecule has 1 aromatic carbocycles. The molecule has 2 fully saturated rings. The minimum Gasteiger partial charge on any atom is -0.493 e. The Morgan fingerprint density at radius 2 is 1.88 bits per heavy atom. The second-order valence-corrected chi connectivity index (χ2v) is 7.21. The zero-order valence-corrected chi connectivity index (χ0v) is 16.1. The summed E-state index contributed by atoms with van der Waals surface area (Å²) in [4.78, 5) is 17.2. The van der Waals surface area contributed by atoms with Crippen molar-refractivity contribution in [3.8, 4) is 5.75 Å². The van der Waals surface area contributed by atoms with Crippen LogP contribution in [-0.4, -0.2) is 67.6 Å². The van der Waals surface area contributed by atoms with Gasteiger partial charge in [0.25, 0.3) is 5.91 Å². The number of amides is 1. The fraction of sp³-hybridized carbons (Fsp3) is 0.632. The molecule has 2 aliphatic rings. The van der Waals surface area contributed by atoms with E-state index in [-0.39, 0.29) is 18.3 Å². The molecule has 5 nitrogen and oxygen atoms in total. The van der Waals surface area contributed by atoms with Gasteiger partial charge in [0.2, 0.25) is 0 Å². The van der Waals surface area contributed by atoms with E-state index in [1.807, 2.05) is 29.2 Å². The van der Waals surface area contributed by atoms with Crippen LogP contribution in [0.15, 0.2) is 24.3 Å². The Bertz CT molecular complexity index is 544. The van der Waals surface area contributed by atoms with Crippen molar-refractivity contribution in [3.05, 3.63) is 29.8 Å². The smallest absolute Gasteiger partial charge is 0.253 e. The van der Waals surface area contributed by atoms with Crippen LogP contribution in [-0.2, 0) is 0 Å². The van der Waals surface area contributed by atoms with Gasteiger partial charge in [0.15, 0.2) is 0 Å². The Morgan fingerprint density at radius 1 is 1.20 bits per heavy atom. The van der Waals surface area contributed by atoms with E-state index >= 15 is 0 Å². The molecule has 2 saturated heterocycles.